The van der Waals surface area contributed by atoms with Crippen LogP contribution in [0.25, 0.3) is 0 Å². The molecule has 1 rings (SSSR count). The second kappa shape index (κ2) is 6.77. The minimum Gasteiger partial charge on any atom is -0.320 e. The largest absolute Gasteiger partial charge is 0.320 e. The van der Waals surface area contributed by atoms with E-state index in [1.54, 1.807) is 0 Å². The Kier molecular flexibility index (Phi) is 5.66. The third-order valence-electron chi connectivity index (χ3n) is 3.60. The summed E-state index contributed by atoms with van der Waals surface area (Å²) in [5.74, 6) is 0. The summed E-state index contributed by atoms with van der Waals surface area (Å²) < 4.78 is 0. The molecule has 1 aromatic carbocycles. The predicted molar refractivity (Wildman–Crippen MR) is 75.6 cm³/mol. The molecular weight excluding hydrogens is 208 g/mol. The number of hydrogen-bond acceptors (Lipinski definition) is 2. The third-order valence-corrected chi connectivity index (χ3v) is 3.60. The molecule has 2 heteroatoms. The minimum absolute atomic E-state index is 0.990. The van der Waals surface area contributed by atoms with Gasteiger partial charge in [0.1, 0.15) is 0 Å². The zero-order valence-corrected chi connectivity index (χ0v) is 11.9. The van der Waals surface area contributed by atoms with E-state index in [1.165, 1.54) is 34.2 Å². The lowest BCUT2D eigenvalue weighted by Crippen LogP contribution is -2.20. The molecule has 0 unspecified atom stereocenters. The molecular formula is C15H26N2. The Balaban J connectivity index is 2.64. The van der Waals surface area contributed by atoms with Crippen LogP contribution in [-0.2, 0) is 6.54 Å². The van der Waals surface area contributed by atoms with Gasteiger partial charge < -0.3 is 10.6 Å². The Labute approximate surface area is 106 Å². The molecule has 0 aromatic heterocycles. The molecule has 0 aliphatic rings. The second-order valence-corrected chi connectivity index (χ2v) is 4.87. The Morgan fingerprint density at radius 1 is 0.941 bits per heavy atom. The SMILES string of the molecule is CNCCCNCc1c(C)c(C)cc(C)c1C. The maximum Gasteiger partial charge on any atom is 0.0210 e. The lowest BCUT2D eigenvalue weighted by atomic mass is 9.94. The number of rotatable bonds is 6. The fourth-order valence-electron chi connectivity index (χ4n) is 2.17. The molecule has 2 N–H and O–H groups in total. The summed E-state index contributed by atoms with van der Waals surface area (Å²) in [5.41, 5.74) is 7.16. The molecule has 17 heavy (non-hydrogen) atoms. The Morgan fingerprint density at radius 3 is 2.06 bits per heavy atom. The Bertz CT molecular complexity index is 343. The average molecular weight is 234 g/mol. The lowest BCUT2D eigenvalue weighted by molar-refractivity contribution is 0.622. The highest BCUT2D eigenvalue weighted by Crippen LogP contribution is 2.21. The summed E-state index contributed by atoms with van der Waals surface area (Å²) in [7, 11) is 2.00. The van der Waals surface area contributed by atoms with Gasteiger partial charge in [-0.15, -0.1) is 0 Å². The maximum atomic E-state index is 3.53. The lowest BCUT2D eigenvalue weighted by Gasteiger charge is -2.16. The van der Waals surface area contributed by atoms with Crippen LogP contribution in [0.5, 0.6) is 0 Å². The van der Waals surface area contributed by atoms with E-state index in [9.17, 15) is 0 Å². The van der Waals surface area contributed by atoms with Crippen LogP contribution in [0.1, 0.15) is 34.2 Å². The highest BCUT2D eigenvalue weighted by molar-refractivity contribution is 5.43. The molecule has 1 aromatic rings. The topological polar surface area (TPSA) is 24.1 Å². The van der Waals surface area contributed by atoms with Crippen LogP contribution in [-0.4, -0.2) is 20.1 Å². The molecule has 0 saturated carbocycles. The number of nitrogens with one attached hydrogen (secondary N) is 2. The number of benzene rings is 1. The van der Waals surface area contributed by atoms with Gasteiger partial charge in [0.05, 0.1) is 0 Å². The molecule has 0 fully saturated rings. The van der Waals surface area contributed by atoms with Crippen molar-refractivity contribution < 1.29 is 0 Å². The van der Waals surface area contributed by atoms with Gasteiger partial charge in [0, 0.05) is 6.54 Å². The van der Waals surface area contributed by atoms with Crippen molar-refractivity contribution in [3.05, 3.63) is 33.9 Å². The molecule has 0 aliphatic heterocycles. The van der Waals surface area contributed by atoms with E-state index in [2.05, 4.69) is 44.4 Å². The van der Waals surface area contributed by atoms with Crippen molar-refractivity contribution in [2.24, 2.45) is 0 Å². The molecule has 0 heterocycles. The molecule has 0 saturated heterocycles. The van der Waals surface area contributed by atoms with Gasteiger partial charge in [-0.05, 0) is 82.1 Å². The van der Waals surface area contributed by atoms with E-state index in [0.717, 1.165) is 19.6 Å². The van der Waals surface area contributed by atoms with E-state index in [-0.39, 0.29) is 0 Å². The van der Waals surface area contributed by atoms with E-state index in [1.807, 2.05) is 7.05 Å². The van der Waals surface area contributed by atoms with Crippen molar-refractivity contribution in [3.8, 4) is 0 Å². The molecule has 96 valence electrons. The summed E-state index contributed by atoms with van der Waals surface area (Å²) >= 11 is 0. The van der Waals surface area contributed by atoms with Gasteiger partial charge in [-0.1, -0.05) is 6.07 Å². The predicted octanol–water partition coefficient (Wildman–Crippen LogP) is 2.62. The number of hydrogen-bond donors (Lipinski definition) is 2. The van der Waals surface area contributed by atoms with E-state index in [0.29, 0.717) is 0 Å². The van der Waals surface area contributed by atoms with Crippen molar-refractivity contribution >= 4 is 0 Å². The fourth-order valence-corrected chi connectivity index (χ4v) is 2.17. The van der Waals surface area contributed by atoms with Crippen molar-refractivity contribution in [3.63, 3.8) is 0 Å². The van der Waals surface area contributed by atoms with E-state index < -0.39 is 0 Å². The maximum absolute atomic E-state index is 3.53. The van der Waals surface area contributed by atoms with Gasteiger partial charge in [0.2, 0.25) is 0 Å². The highest BCUT2D eigenvalue weighted by Gasteiger charge is 2.07. The van der Waals surface area contributed by atoms with Gasteiger partial charge >= 0.3 is 0 Å². The van der Waals surface area contributed by atoms with Crippen LogP contribution in [0.2, 0.25) is 0 Å². The molecule has 0 spiro atoms. The Hall–Kier alpha value is -0.860. The normalized spacial score (nSPS) is 10.9. The zero-order chi connectivity index (χ0) is 12.8. The quantitative estimate of drug-likeness (QED) is 0.739. The summed E-state index contributed by atoms with van der Waals surface area (Å²) in [5, 5.41) is 6.70. The molecule has 0 amide bonds. The fraction of sp³-hybridized carbons (Fsp3) is 0.600. The highest BCUT2D eigenvalue weighted by atomic mass is 14.9. The molecule has 0 bridgehead atoms. The van der Waals surface area contributed by atoms with Gasteiger partial charge in [0.25, 0.3) is 0 Å². The average Bonchev–Trinajstić information content (AvgIpc) is 2.30. The van der Waals surface area contributed by atoms with Gasteiger partial charge in [-0.25, -0.2) is 0 Å². The Morgan fingerprint density at radius 2 is 1.53 bits per heavy atom. The van der Waals surface area contributed by atoms with Crippen LogP contribution in [0.15, 0.2) is 6.07 Å². The standard InChI is InChI=1S/C15H26N2/c1-11-9-12(2)14(4)15(13(11)3)10-17-8-6-7-16-5/h9,16-17H,6-8,10H2,1-5H3. The van der Waals surface area contributed by atoms with E-state index >= 15 is 0 Å². The van der Waals surface area contributed by atoms with E-state index in [4.69, 9.17) is 0 Å². The first-order valence-electron chi connectivity index (χ1n) is 6.49. The first kappa shape index (κ1) is 14.2. The second-order valence-electron chi connectivity index (χ2n) is 4.87. The van der Waals surface area contributed by atoms with Crippen molar-refractivity contribution in [1.82, 2.24) is 10.6 Å². The smallest absolute Gasteiger partial charge is 0.0210 e. The van der Waals surface area contributed by atoms with Crippen molar-refractivity contribution in [1.29, 1.82) is 0 Å². The summed E-state index contributed by atoms with van der Waals surface area (Å²) in [6.45, 7) is 12.0. The van der Waals surface area contributed by atoms with Crippen molar-refractivity contribution in [2.45, 2.75) is 40.7 Å². The van der Waals surface area contributed by atoms with Gasteiger partial charge in [-0.2, -0.15) is 0 Å². The van der Waals surface area contributed by atoms with Gasteiger partial charge in [-0.3, -0.25) is 0 Å². The zero-order valence-electron chi connectivity index (χ0n) is 11.9. The first-order chi connectivity index (χ1) is 8.07. The van der Waals surface area contributed by atoms with Crippen molar-refractivity contribution in [2.75, 3.05) is 20.1 Å². The molecule has 0 atom stereocenters. The summed E-state index contributed by atoms with van der Waals surface area (Å²) in [4.78, 5) is 0. The van der Waals surface area contributed by atoms with Crippen LogP contribution in [0.3, 0.4) is 0 Å². The van der Waals surface area contributed by atoms with Crippen LogP contribution >= 0.6 is 0 Å². The van der Waals surface area contributed by atoms with Crippen LogP contribution in [0, 0.1) is 27.7 Å². The first-order valence-corrected chi connectivity index (χ1v) is 6.49. The van der Waals surface area contributed by atoms with Crippen LogP contribution < -0.4 is 10.6 Å². The van der Waals surface area contributed by atoms with Gasteiger partial charge in [0.15, 0.2) is 0 Å². The molecule has 2 nitrogen and oxygen atoms in total. The minimum atomic E-state index is 0.990. The third kappa shape index (κ3) is 3.83. The molecule has 0 radical (unpaired) electrons. The summed E-state index contributed by atoms with van der Waals surface area (Å²) in [6, 6.07) is 2.29. The number of aryl methyl sites for hydroxylation is 2. The van der Waals surface area contributed by atoms with Crippen LogP contribution in [0.4, 0.5) is 0 Å². The molecule has 0 aliphatic carbocycles. The monoisotopic (exact) mass is 234 g/mol. The summed E-state index contributed by atoms with van der Waals surface area (Å²) in [6.07, 6.45) is 1.18.